The quantitative estimate of drug-likeness (QED) is 0.873. The van der Waals surface area contributed by atoms with Crippen LogP contribution in [0.4, 0.5) is 4.39 Å². The van der Waals surface area contributed by atoms with Gasteiger partial charge in [-0.2, -0.15) is 5.26 Å². The summed E-state index contributed by atoms with van der Waals surface area (Å²) in [5.41, 5.74) is 6.73. The van der Waals surface area contributed by atoms with Crippen LogP contribution in [0.15, 0.2) is 30.5 Å². The van der Waals surface area contributed by atoms with Crippen molar-refractivity contribution in [3.8, 4) is 17.2 Å². The van der Waals surface area contributed by atoms with E-state index in [-0.39, 0.29) is 5.56 Å². The molecular weight excluding hydrogens is 233 g/mol. The molecule has 1 aromatic heterocycles. The van der Waals surface area contributed by atoms with Crippen molar-refractivity contribution in [2.75, 3.05) is 0 Å². The van der Waals surface area contributed by atoms with Crippen molar-refractivity contribution in [3.05, 3.63) is 47.5 Å². The van der Waals surface area contributed by atoms with Crippen LogP contribution >= 0.6 is 0 Å². The van der Waals surface area contributed by atoms with Crippen LogP contribution in [0.1, 0.15) is 16.1 Å². The van der Waals surface area contributed by atoms with Crippen LogP contribution < -0.4 is 5.73 Å². The summed E-state index contributed by atoms with van der Waals surface area (Å²) in [7, 11) is 1.69. The molecule has 2 aromatic rings. The summed E-state index contributed by atoms with van der Waals surface area (Å²) in [6.07, 6.45) is 1.69. The lowest BCUT2D eigenvalue weighted by molar-refractivity contribution is 0.0993. The molecule has 0 aliphatic carbocycles. The van der Waals surface area contributed by atoms with Crippen molar-refractivity contribution >= 4 is 5.91 Å². The Hall–Kier alpha value is -2.61. The van der Waals surface area contributed by atoms with E-state index < -0.39 is 11.7 Å². The van der Waals surface area contributed by atoms with Crippen LogP contribution in [-0.2, 0) is 7.05 Å². The topological polar surface area (TPSA) is 71.8 Å². The second-order valence-corrected chi connectivity index (χ2v) is 3.86. The average molecular weight is 243 g/mol. The number of carbonyl (C=O) groups excluding carboxylic acids is 1. The Morgan fingerprint density at radius 1 is 1.44 bits per heavy atom. The SMILES string of the molecule is Cn1ccc(-c2ccc(F)c(C#N)c2)c1C(N)=O. The number of carbonyl (C=O) groups is 1. The molecule has 18 heavy (non-hydrogen) atoms. The van der Waals surface area contributed by atoms with Crippen molar-refractivity contribution in [1.82, 2.24) is 4.57 Å². The van der Waals surface area contributed by atoms with Gasteiger partial charge < -0.3 is 10.3 Å². The fourth-order valence-corrected chi connectivity index (χ4v) is 1.85. The minimum atomic E-state index is -0.585. The summed E-state index contributed by atoms with van der Waals surface area (Å²) in [6.45, 7) is 0. The van der Waals surface area contributed by atoms with E-state index in [0.717, 1.165) is 0 Å². The minimum Gasteiger partial charge on any atom is -0.364 e. The Bertz CT molecular complexity index is 667. The Morgan fingerprint density at radius 2 is 2.17 bits per heavy atom. The van der Waals surface area contributed by atoms with Gasteiger partial charge in [-0.3, -0.25) is 4.79 Å². The van der Waals surface area contributed by atoms with E-state index in [1.807, 2.05) is 0 Å². The highest BCUT2D eigenvalue weighted by molar-refractivity contribution is 5.98. The van der Waals surface area contributed by atoms with Crippen LogP contribution in [0.3, 0.4) is 0 Å². The van der Waals surface area contributed by atoms with E-state index in [1.165, 1.54) is 18.2 Å². The number of rotatable bonds is 2. The van der Waals surface area contributed by atoms with E-state index >= 15 is 0 Å². The van der Waals surface area contributed by atoms with Crippen molar-refractivity contribution < 1.29 is 9.18 Å². The van der Waals surface area contributed by atoms with E-state index in [9.17, 15) is 9.18 Å². The number of halogens is 1. The Balaban J connectivity index is 2.63. The number of nitrogens with two attached hydrogens (primary N) is 1. The van der Waals surface area contributed by atoms with Crippen LogP contribution in [-0.4, -0.2) is 10.5 Å². The number of amides is 1. The average Bonchev–Trinajstić information content (AvgIpc) is 2.72. The van der Waals surface area contributed by atoms with Crippen molar-refractivity contribution in [2.24, 2.45) is 12.8 Å². The Labute approximate surface area is 103 Å². The standard InChI is InChI=1S/C13H10FN3O/c1-17-5-4-10(12(17)13(16)18)8-2-3-11(14)9(6-8)7-15/h2-6H,1H3,(H2,16,18). The lowest BCUT2D eigenvalue weighted by Crippen LogP contribution is -2.16. The molecule has 0 atom stereocenters. The van der Waals surface area contributed by atoms with Crippen molar-refractivity contribution in [3.63, 3.8) is 0 Å². The highest BCUT2D eigenvalue weighted by Crippen LogP contribution is 2.26. The van der Waals surface area contributed by atoms with E-state index in [2.05, 4.69) is 0 Å². The van der Waals surface area contributed by atoms with Gasteiger partial charge in [0.1, 0.15) is 17.6 Å². The maximum atomic E-state index is 13.2. The van der Waals surface area contributed by atoms with Crippen molar-refractivity contribution in [2.45, 2.75) is 0 Å². The smallest absolute Gasteiger partial charge is 0.265 e. The molecule has 0 radical (unpaired) electrons. The molecule has 0 spiro atoms. The van der Waals surface area contributed by atoms with Gasteiger partial charge >= 0.3 is 0 Å². The maximum Gasteiger partial charge on any atom is 0.265 e. The summed E-state index contributed by atoms with van der Waals surface area (Å²) in [5, 5.41) is 8.79. The number of nitriles is 1. The summed E-state index contributed by atoms with van der Waals surface area (Å²) >= 11 is 0. The second kappa shape index (κ2) is 4.34. The normalized spacial score (nSPS) is 10.1. The van der Waals surface area contributed by atoms with Crippen LogP contribution in [0, 0.1) is 17.1 Å². The van der Waals surface area contributed by atoms with E-state index in [1.54, 1.807) is 29.9 Å². The molecular formula is C13H10FN3O. The molecule has 1 amide bonds. The van der Waals surface area contributed by atoms with E-state index in [4.69, 9.17) is 11.0 Å². The molecule has 2 N–H and O–H groups in total. The minimum absolute atomic E-state index is 0.0632. The van der Waals surface area contributed by atoms with Gasteiger partial charge in [-0.05, 0) is 23.8 Å². The zero-order chi connectivity index (χ0) is 13.3. The first-order valence-corrected chi connectivity index (χ1v) is 5.19. The van der Waals surface area contributed by atoms with Gasteiger partial charge in [-0.25, -0.2) is 4.39 Å². The monoisotopic (exact) mass is 243 g/mol. The third-order valence-corrected chi connectivity index (χ3v) is 2.70. The molecule has 0 saturated carbocycles. The lowest BCUT2D eigenvalue weighted by atomic mass is 10.0. The molecule has 0 fully saturated rings. The van der Waals surface area contributed by atoms with Gasteiger partial charge in [-0.15, -0.1) is 0 Å². The molecule has 0 unspecified atom stereocenters. The number of primary amides is 1. The Kier molecular flexibility index (Phi) is 2.86. The number of benzene rings is 1. The first kappa shape index (κ1) is 11.9. The Morgan fingerprint density at radius 3 is 2.78 bits per heavy atom. The van der Waals surface area contributed by atoms with Gasteiger partial charge in [-0.1, -0.05) is 6.07 Å². The molecule has 90 valence electrons. The molecule has 0 saturated heterocycles. The number of hydrogen-bond acceptors (Lipinski definition) is 2. The lowest BCUT2D eigenvalue weighted by Gasteiger charge is -2.05. The molecule has 1 aromatic carbocycles. The van der Waals surface area contributed by atoms with Crippen LogP contribution in [0.25, 0.3) is 11.1 Å². The molecule has 1 heterocycles. The third kappa shape index (κ3) is 1.84. The third-order valence-electron chi connectivity index (χ3n) is 2.70. The number of aromatic nitrogens is 1. The number of nitrogens with zero attached hydrogens (tertiary/aromatic N) is 2. The highest BCUT2D eigenvalue weighted by atomic mass is 19.1. The van der Waals surface area contributed by atoms with Gasteiger partial charge in [0.2, 0.25) is 0 Å². The molecule has 0 aliphatic heterocycles. The van der Waals surface area contributed by atoms with Crippen LogP contribution in [0.5, 0.6) is 0 Å². The number of hydrogen-bond donors (Lipinski definition) is 1. The summed E-state index contributed by atoms with van der Waals surface area (Å²) < 4.78 is 14.8. The summed E-state index contributed by atoms with van der Waals surface area (Å²) in [5.74, 6) is -1.15. The van der Waals surface area contributed by atoms with Crippen LogP contribution in [0.2, 0.25) is 0 Å². The first-order valence-electron chi connectivity index (χ1n) is 5.19. The van der Waals surface area contributed by atoms with Crippen molar-refractivity contribution in [1.29, 1.82) is 5.26 Å². The van der Waals surface area contributed by atoms with Gasteiger partial charge in [0.05, 0.1) is 5.56 Å². The predicted octanol–water partition coefficient (Wildman–Crippen LogP) is 1.80. The molecule has 0 bridgehead atoms. The molecule has 4 nitrogen and oxygen atoms in total. The van der Waals surface area contributed by atoms with Gasteiger partial charge in [0.15, 0.2) is 0 Å². The zero-order valence-corrected chi connectivity index (χ0v) is 9.64. The fourth-order valence-electron chi connectivity index (χ4n) is 1.85. The van der Waals surface area contributed by atoms with Gasteiger partial charge in [0, 0.05) is 18.8 Å². The van der Waals surface area contributed by atoms with Gasteiger partial charge in [0.25, 0.3) is 5.91 Å². The first-order chi connectivity index (χ1) is 8.54. The molecule has 0 aliphatic rings. The molecule has 2 rings (SSSR count). The maximum absolute atomic E-state index is 13.2. The highest BCUT2D eigenvalue weighted by Gasteiger charge is 2.15. The fraction of sp³-hybridized carbons (Fsp3) is 0.0769. The molecule has 5 heteroatoms. The predicted molar refractivity (Wildman–Crippen MR) is 64.0 cm³/mol. The second-order valence-electron chi connectivity index (χ2n) is 3.86. The largest absolute Gasteiger partial charge is 0.364 e. The summed E-state index contributed by atoms with van der Waals surface area (Å²) in [6, 6.07) is 7.58. The summed E-state index contributed by atoms with van der Waals surface area (Å²) in [4.78, 5) is 11.4. The van der Waals surface area contributed by atoms with E-state index in [0.29, 0.717) is 16.8 Å². The zero-order valence-electron chi connectivity index (χ0n) is 9.64. The number of aryl methyl sites for hydroxylation is 1.